The number of amides is 1. The highest BCUT2D eigenvalue weighted by Crippen LogP contribution is 2.27. The van der Waals surface area contributed by atoms with Crippen LogP contribution in [0.5, 0.6) is 0 Å². The second-order valence-electron chi connectivity index (χ2n) is 5.23. The number of ether oxygens (including phenoxy) is 1. The summed E-state index contributed by atoms with van der Waals surface area (Å²) in [5.41, 5.74) is -0.271. The minimum Gasteiger partial charge on any atom is -0.452 e. The van der Waals surface area contributed by atoms with Gasteiger partial charge in [0.15, 0.2) is 6.61 Å². The number of rotatable bonds is 7. The van der Waals surface area contributed by atoms with Gasteiger partial charge in [-0.2, -0.15) is 0 Å². The predicted molar refractivity (Wildman–Crippen MR) is 99.8 cm³/mol. The van der Waals surface area contributed by atoms with Crippen LogP contribution >= 0.6 is 11.6 Å². The van der Waals surface area contributed by atoms with Crippen molar-refractivity contribution in [3.63, 3.8) is 0 Å². The molecule has 0 aromatic heterocycles. The Morgan fingerprint density at radius 3 is 2.43 bits per heavy atom. The molecule has 0 atom stereocenters. The van der Waals surface area contributed by atoms with Crippen molar-refractivity contribution in [1.82, 2.24) is 0 Å². The fourth-order valence-corrected chi connectivity index (χ4v) is 2.25. The van der Waals surface area contributed by atoms with Crippen molar-refractivity contribution >= 4 is 46.6 Å². The Bertz CT molecular complexity index is 975. The second kappa shape index (κ2) is 9.24. The number of hydrogen-bond acceptors (Lipinski definition) is 7. The average Bonchev–Trinajstić information content (AvgIpc) is 2.66. The predicted octanol–water partition coefficient (Wildman–Crippen LogP) is 3.35. The summed E-state index contributed by atoms with van der Waals surface area (Å²) in [6.07, 6.45) is 2.14. The van der Waals surface area contributed by atoms with Gasteiger partial charge in [0, 0.05) is 23.9 Å². The number of para-hydroxylation sites is 1. The van der Waals surface area contributed by atoms with Gasteiger partial charge < -0.3 is 10.1 Å². The summed E-state index contributed by atoms with van der Waals surface area (Å²) < 4.78 is 4.73. The topological polar surface area (TPSA) is 142 Å². The van der Waals surface area contributed by atoms with Gasteiger partial charge in [0.25, 0.3) is 17.3 Å². The first kappa shape index (κ1) is 20.5. The molecule has 1 N–H and O–H groups in total. The van der Waals surface area contributed by atoms with E-state index in [0.717, 1.165) is 12.1 Å². The SMILES string of the molecule is O=C(COC(=O)/C=C/c1ccccc1[N+](=O)[O-])Nc1ccc(Cl)c([N+](=O)[O-])c1. The third-order valence-electron chi connectivity index (χ3n) is 3.30. The van der Waals surface area contributed by atoms with E-state index in [1.807, 2.05) is 0 Å². The standard InChI is InChI=1S/C17H12ClN3O7/c18-13-7-6-12(9-15(13)21(26)27)19-16(22)10-28-17(23)8-5-11-3-1-2-4-14(11)20(24)25/h1-9H,10H2,(H,19,22)/b8-5+. The Balaban J connectivity index is 1.93. The number of nitrogens with one attached hydrogen (secondary N) is 1. The molecule has 0 aliphatic carbocycles. The number of benzene rings is 2. The van der Waals surface area contributed by atoms with Gasteiger partial charge >= 0.3 is 5.97 Å². The van der Waals surface area contributed by atoms with Gasteiger partial charge in [-0.25, -0.2) is 4.79 Å². The van der Waals surface area contributed by atoms with E-state index >= 15 is 0 Å². The molecule has 0 aliphatic heterocycles. The van der Waals surface area contributed by atoms with E-state index in [4.69, 9.17) is 16.3 Å². The molecule has 0 spiro atoms. The minimum atomic E-state index is -0.893. The molecule has 10 nitrogen and oxygen atoms in total. The number of nitro groups is 2. The molecule has 144 valence electrons. The molecular formula is C17H12ClN3O7. The van der Waals surface area contributed by atoms with E-state index < -0.39 is 28.3 Å². The van der Waals surface area contributed by atoms with Gasteiger partial charge in [0.2, 0.25) is 0 Å². The molecule has 0 bridgehead atoms. The normalized spacial score (nSPS) is 10.5. The zero-order chi connectivity index (χ0) is 20.7. The molecule has 0 radical (unpaired) electrons. The largest absolute Gasteiger partial charge is 0.452 e. The van der Waals surface area contributed by atoms with Crippen molar-refractivity contribution in [2.24, 2.45) is 0 Å². The Hall–Kier alpha value is -3.79. The summed E-state index contributed by atoms with van der Waals surface area (Å²) in [7, 11) is 0. The highest BCUT2D eigenvalue weighted by atomic mass is 35.5. The molecule has 2 aromatic carbocycles. The molecule has 2 aromatic rings. The van der Waals surface area contributed by atoms with Gasteiger partial charge in [0.05, 0.1) is 15.4 Å². The van der Waals surface area contributed by atoms with Crippen LogP contribution in [0, 0.1) is 20.2 Å². The first-order chi connectivity index (χ1) is 13.3. The Morgan fingerprint density at radius 1 is 1.07 bits per heavy atom. The van der Waals surface area contributed by atoms with Crippen LogP contribution < -0.4 is 5.32 Å². The molecule has 0 saturated heterocycles. The lowest BCUT2D eigenvalue weighted by atomic mass is 10.1. The zero-order valence-corrected chi connectivity index (χ0v) is 14.8. The third kappa shape index (κ3) is 5.61. The van der Waals surface area contributed by atoms with Crippen molar-refractivity contribution < 1.29 is 24.2 Å². The molecule has 11 heteroatoms. The van der Waals surface area contributed by atoms with Crippen molar-refractivity contribution in [3.05, 3.63) is 79.4 Å². The molecule has 0 unspecified atom stereocenters. The number of halogens is 1. The number of hydrogen-bond donors (Lipinski definition) is 1. The Morgan fingerprint density at radius 2 is 1.75 bits per heavy atom. The number of carbonyl (C=O) groups is 2. The molecular weight excluding hydrogens is 394 g/mol. The molecule has 0 saturated carbocycles. The summed E-state index contributed by atoms with van der Waals surface area (Å²) in [5, 5.41) is 23.9. The van der Waals surface area contributed by atoms with Gasteiger partial charge in [-0.1, -0.05) is 23.7 Å². The van der Waals surface area contributed by atoms with Gasteiger partial charge in [0.1, 0.15) is 5.02 Å². The second-order valence-corrected chi connectivity index (χ2v) is 5.64. The fourth-order valence-electron chi connectivity index (χ4n) is 2.06. The molecule has 28 heavy (non-hydrogen) atoms. The quantitative estimate of drug-likeness (QED) is 0.322. The molecule has 0 fully saturated rings. The highest BCUT2D eigenvalue weighted by molar-refractivity contribution is 6.32. The van der Waals surface area contributed by atoms with Crippen LogP contribution in [0.2, 0.25) is 5.02 Å². The summed E-state index contributed by atoms with van der Waals surface area (Å²) in [6, 6.07) is 9.44. The first-order valence-corrected chi connectivity index (χ1v) is 7.98. The van der Waals surface area contributed by atoms with Gasteiger partial charge in [-0.3, -0.25) is 25.0 Å². The summed E-state index contributed by atoms with van der Waals surface area (Å²) >= 11 is 5.67. The number of nitrogens with zero attached hydrogens (tertiary/aromatic N) is 2. The van der Waals surface area contributed by atoms with Crippen LogP contribution in [-0.4, -0.2) is 28.3 Å². The number of esters is 1. The van der Waals surface area contributed by atoms with E-state index in [1.165, 1.54) is 36.4 Å². The van der Waals surface area contributed by atoms with E-state index in [-0.39, 0.29) is 27.6 Å². The smallest absolute Gasteiger partial charge is 0.331 e. The van der Waals surface area contributed by atoms with Crippen LogP contribution in [0.1, 0.15) is 5.56 Å². The Kier molecular flexibility index (Phi) is 6.77. The average molecular weight is 406 g/mol. The number of carbonyl (C=O) groups excluding carboxylic acids is 2. The van der Waals surface area contributed by atoms with E-state index in [0.29, 0.717) is 0 Å². The molecule has 1 amide bonds. The fraction of sp³-hybridized carbons (Fsp3) is 0.0588. The highest BCUT2D eigenvalue weighted by Gasteiger charge is 2.14. The van der Waals surface area contributed by atoms with Crippen LogP contribution in [0.4, 0.5) is 17.1 Å². The maximum Gasteiger partial charge on any atom is 0.331 e. The van der Waals surface area contributed by atoms with Gasteiger partial charge in [-0.15, -0.1) is 0 Å². The molecule has 0 aliphatic rings. The van der Waals surface area contributed by atoms with Crippen LogP contribution in [0.25, 0.3) is 6.08 Å². The number of nitro benzene ring substituents is 2. The maximum atomic E-state index is 11.8. The molecule has 0 heterocycles. The van der Waals surface area contributed by atoms with Crippen molar-refractivity contribution in [1.29, 1.82) is 0 Å². The van der Waals surface area contributed by atoms with Crippen LogP contribution in [0.15, 0.2) is 48.5 Å². The van der Waals surface area contributed by atoms with E-state index in [2.05, 4.69) is 5.32 Å². The Labute approximate surface area is 162 Å². The zero-order valence-electron chi connectivity index (χ0n) is 14.0. The van der Waals surface area contributed by atoms with Crippen molar-refractivity contribution in [2.45, 2.75) is 0 Å². The molecule has 2 rings (SSSR count). The van der Waals surface area contributed by atoms with Gasteiger partial charge in [-0.05, 0) is 24.3 Å². The van der Waals surface area contributed by atoms with E-state index in [9.17, 15) is 29.8 Å². The van der Waals surface area contributed by atoms with Crippen LogP contribution in [-0.2, 0) is 14.3 Å². The lowest BCUT2D eigenvalue weighted by molar-refractivity contribution is -0.385. The summed E-state index contributed by atoms with van der Waals surface area (Å²) in [6.45, 7) is -0.656. The number of anilines is 1. The first-order valence-electron chi connectivity index (χ1n) is 7.60. The van der Waals surface area contributed by atoms with Crippen LogP contribution in [0.3, 0.4) is 0 Å². The monoisotopic (exact) mass is 405 g/mol. The van der Waals surface area contributed by atoms with Crippen molar-refractivity contribution in [3.8, 4) is 0 Å². The summed E-state index contributed by atoms with van der Waals surface area (Å²) in [4.78, 5) is 43.9. The third-order valence-corrected chi connectivity index (χ3v) is 3.62. The lowest BCUT2D eigenvalue weighted by Crippen LogP contribution is -2.20. The maximum absolute atomic E-state index is 11.8. The lowest BCUT2D eigenvalue weighted by Gasteiger charge is -2.06. The van der Waals surface area contributed by atoms with E-state index in [1.54, 1.807) is 6.07 Å². The summed E-state index contributed by atoms with van der Waals surface area (Å²) in [5.74, 6) is -1.63. The van der Waals surface area contributed by atoms with Crippen molar-refractivity contribution in [2.75, 3.05) is 11.9 Å². The minimum absolute atomic E-state index is 0.0884.